The fraction of sp³-hybridized carbons (Fsp3) is 0.0800. The lowest BCUT2D eigenvalue weighted by atomic mass is 10.1. The first kappa shape index (κ1) is 18.8. The number of aromatic nitrogens is 3. The Morgan fingerprint density at radius 2 is 1.71 bits per heavy atom. The third kappa shape index (κ3) is 3.59. The first-order valence-corrected chi connectivity index (χ1v) is 10.1. The molecule has 0 aliphatic heterocycles. The van der Waals surface area contributed by atoms with Gasteiger partial charge in [0.2, 0.25) is 0 Å². The molecule has 0 aliphatic rings. The average molecular weight is 408 g/mol. The van der Waals surface area contributed by atoms with Crippen LogP contribution in [0.2, 0.25) is 0 Å². The molecule has 1 unspecified atom stereocenters. The number of carbonyl (C=O) groups is 1. The first-order chi connectivity index (χ1) is 15.1. The number of benzene rings is 3. The number of fused-ring (bicyclic) bond motifs is 2. The highest BCUT2D eigenvalue weighted by Crippen LogP contribution is 2.22. The molecule has 0 fully saturated rings. The Hall–Kier alpha value is -4.19. The van der Waals surface area contributed by atoms with Gasteiger partial charge in [-0.1, -0.05) is 66.7 Å². The largest absolute Gasteiger partial charge is 0.344 e. The summed E-state index contributed by atoms with van der Waals surface area (Å²) in [5.41, 5.74) is 2.73. The summed E-state index contributed by atoms with van der Waals surface area (Å²) in [6.45, 7) is 1.91. The lowest BCUT2D eigenvalue weighted by molar-refractivity contribution is 0.0934. The number of H-pyrrole nitrogens is 1. The van der Waals surface area contributed by atoms with Crippen LogP contribution in [0, 0.1) is 0 Å². The Morgan fingerprint density at radius 3 is 2.52 bits per heavy atom. The van der Waals surface area contributed by atoms with E-state index in [0.29, 0.717) is 11.2 Å². The van der Waals surface area contributed by atoms with Gasteiger partial charge < -0.3 is 10.3 Å². The zero-order valence-electron chi connectivity index (χ0n) is 16.9. The van der Waals surface area contributed by atoms with Gasteiger partial charge in [0, 0.05) is 11.6 Å². The molecule has 31 heavy (non-hydrogen) atoms. The molecular weight excluding hydrogens is 388 g/mol. The maximum atomic E-state index is 12.7. The third-order valence-electron chi connectivity index (χ3n) is 5.41. The maximum Gasteiger partial charge on any atom is 0.274 e. The fourth-order valence-electron chi connectivity index (χ4n) is 3.71. The number of aromatic amines is 1. The molecule has 2 aromatic heterocycles. The van der Waals surface area contributed by atoms with E-state index in [1.807, 2.05) is 79.7 Å². The second-order valence-electron chi connectivity index (χ2n) is 7.52. The van der Waals surface area contributed by atoms with Gasteiger partial charge in [0.15, 0.2) is 5.69 Å². The van der Waals surface area contributed by atoms with E-state index in [4.69, 9.17) is 0 Å². The highest BCUT2D eigenvalue weighted by atomic mass is 16.2. The van der Waals surface area contributed by atoms with E-state index in [9.17, 15) is 9.59 Å². The van der Waals surface area contributed by atoms with Gasteiger partial charge in [-0.2, -0.15) is 5.10 Å². The predicted octanol–water partition coefficient (Wildman–Crippen LogP) is 4.33. The zero-order valence-corrected chi connectivity index (χ0v) is 16.9. The summed E-state index contributed by atoms with van der Waals surface area (Å²) in [5.74, 6) is -0.327. The summed E-state index contributed by atoms with van der Waals surface area (Å²) >= 11 is 0. The number of hydrogen-bond donors (Lipinski definition) is 2. The Balaban J connectivity index is 1.47. The number of carbonyl (C=O) groups excluding carboxylic acids is 1. The van der Waals surface area contributed by atoms with Crippen molar-refractivity contribution < 1.29 is 4.79 Å². The van der Waals surface area contributed by atoms with Crippen molar-refractivity contribution in [2.75, 3.05) is 0 Å². The van der Waals surface area contributed by atoms with E-state index < -0.39 is 0 Å². The highest BCUT2D eigenvalue weighted by molar-refractivity contribution is 5.94. The van der Waals surface area contributed by atoms with Gasteiger partial charge in [-0.15, -0.1) is 0 Å². The fourth-order valence-corrected chi connectivity index (χ4v) is 3.71. The van der Waals surface area contributed by atoms with Crippen LogP contribution in [-0.4, -0.2) is 20.5 Å². The highest BCUT2D eigenvalue weighted by Gasteiger charge is 2.16. The molecule has 5 aromatic rings. The maximum absolute atomic E-state index is 12.7. The molecule has 2 N–H and O–H groups in total. The first-order valence-electron chi connectivity index (χ1n) is 10.1. The zero-order chi connectivity index (χ0) is 21.4. The van der Waals surface area contributed by atoms with Crippen molar-refractivity contribution in [3.63, 3.8) is 0 Å². The number of rotatable bonds is 4. The third-order valence-corrected chi connectivity index (χ3v) is 5.41. The summed E-state index contributed by atoms with van der Waals surface area (Å²) in [5, 5.41) is 9.49. The van der Waals surface area contributed by atoms with Gasteiger partial charge in [0.05, 0.1) is 17.9 Å². The summed E-state index contributed by atoms with van der Waals surface area (Å²) < 4.78 is 1.46. The van der Waals surface area contributed by atoms with Crippen LogP contribution in [0.5, 0.6) is 0 Å². The van der Waals surface area contributed by atoms with E-state index >= 15 is 0 Å². The van der Waals surface area contributed by atoms with Gasteiger partial charge in [0.25, 0.3) is 11.5 Å². The molecule has 152 valence electrons. The SMILES string of the molecule is CC(NC(=O)c1cc2c(=O)[nH]c(-c3ccc4ccccc4c3)cn2n1)c1ccccc1. The average Bonchev–Trinajstić information content (AvgIpc) is 3.24. The molecule has 0 saturated heterocycles. The van der Waals surface area contributed by atoms with Crippen LogP contribution in [0.1, 0.15) is 29.0 Å². The van der Waals surface area contributed by atoms with E-state index in [-0.39, 0.29) is 23.2 Å². The molecular formula is C25H20N4O2. The molecule has 1 amide bonds. The standard InChI is InChI=1S/C25H20N4O2/c1-16(17-7-3-2-4-8-17)26-24(30)21-14-23-25(31)27-22(15-29(23)28-21)20-12-11-18-9-5-6-10-19(18)13-20/h2-16H,1H3,(H,26,30)(H,27,31). The van der Waals surface area contributed by atoms with Crippen molar-refractivity contribution in [1.82, 2.24) is 19.9 Å². The molecule has 0 bridgehead atoms. The van der Waals surface area contributed by atoms with Gasteiger partial charge in [0.1, 0.15) is 5.52 Å². The Labute approximate surface area is 178 Å². The van der Waals surface area contributed by atoms with Crippen LogP contribution in [-0.2, 0) is 0 Å². The summed E-state index contributed by atoms with van der Waals surface area (Å²) in [6.07, 6.45) is 1.73. The van der Waals surface area contributed by atoms with Gasteiger partial charge in [-0.3, -0.25) is 9.59 Å². The molecule has 0 saturated carbocycles. The second kappa shape index (κ2) is 7.57. The van der Waals surface area contributed by atoms with Crippen LogP contribution in [0.4, 0.5) is 0 Å². The molecule has 2 heterocycles. The van der Waals surface area contributed by atoms with Crippen LogP contribution in [0.15, 0.2) is 89.9 Å². The Bertz CT molecular complexity index is 1470. The minimum Gasteiger partial charge on any atom is -0.344 e. The van der Waals surface area contributed by atoms with Crippen LogP contribution >= 0.6 is 0 Å². The van der Waals surface area contributed by atoms with Gasteiger partial charge >= 0.3 is 0 Å². The number of nitrogens with zero attached hydrogens (tertiary/aromatic N) is 2. The van der Waals surface area contributed by atoms with Crippen LogP contribution in [0.25, 0.3) is 27.5 Å². The summed E-state index contributed by atoms with van der Waals surface area (Å²) in [7, 11) is 0. The van der Waals surface area contributed by atoms with Crippen molar-refractivity contribution in [3.8, 4) is 11.3 Å². The van der Waals surface area contributed by atoms with Crippen molar-refractivity contribution in [3.05, 3.63) is 107 Å². The predicted molar refractivity (Wildman–Crippen MR) is 121 cm³/mol. The Morgan fingerprint density at radius 1 is 0.968 bits per heavy atom. The molecule has 0 radical (unpaired) electrons. The summed E-state index contributed by atoms with van der Waals surface area (Å²) in [6, 6.07) is 25.1. The monoisotopic (exact) mass is 408 g/mol. The topological polar surface area (TPSA) is 79.3 Å². The van der Waals surface area contributed by atoms with E-state index in [1.165, 1.54) is 10.6 Å². The molecule has 1 atom stereocenters. The molecule has 0 spiro atoms. The quantitative estimate of drug-likeness (QED) is 0.464. The molecule has 0 aliphatic carbocycles. The number of nitrogens with one attached hydrogen (secondary N) is 2. The smallest absolute Gasteiger partial charge is 0.274 e. The minimum absolute atomic E-state index is 0.176. The minimum atomic E-state index is -0.327. The van der Waals surface area contributed by atoms with Gasteiger partial charge in [-0.25, -0.2) is 4.52 Å². The van der Waals surface area contributed by atoms with E-state index in [0.717, 1.165) is 21.9 Å². The van der Waals surface area contributed by atoms with E-state index in [2.05, 4.69) is 15.4 Å². The van der Waals surface area contributed by atoms with E-state index in [1.54, 1.807) is 6.20 Å². The lowest BCUT2D eigenvalue weighted by Crippen LogP contribution is -2.27. The van der Waals surface area contributed by atoms with Crippen molar-refractivity contribution in [2.45, 2.75) is 13.0 Å². The number of amides is 1. The second-order valence-corrected chi connectivity index (χ2v) is 7.52. The van der Waals surface area contributed by atoms with Crippen molar-refractivity contribution >= 4 is 22.2 Å². The molecule has 5 rings (SSSR count). The van der Waals surface area contributed by atoms with Crippen molar-refractivity contribution in [1.29, 1.82) is 0 Å². The van der Waals surface area contributed by atoms with Crippen LogP contribution < -0.4 is 10.9 Å². The number of hydrogen-bond acceptors (Lipinski definition) is 3. The van der Waals surface area contributed by atoms with Gasteiger partial charge in [-0.05, 0) is 29.3 Å². The normalized spacial score (nSPS) is 12.2. The Kier molecular flexibility index (Phi) is 4.59. The molecule has 6 nitrogen and oxygen atoms in total. The molecule has 6 heteroatoms. The lowest BCUT2D eigenvalue weighted by Gasteiger charge is -2.12. The van der Waals surface area contributed by atoms with Crippen LogP contribution in [0.3, 0.4) is 0 Å². The molecule has 3 aromatic carbocycles. The summed E-state index contributed by atoms with van der Waals surface area (Å²) in [4.78, 5) is 28.3. The van der Waals surface area contributed by atoms with Crippen molar-refractivity contribution in [2.24, 2.45) is 0 Å².